The predicted molar refractivity (Wildman–Crippen MR) is 59.2 cm³/mol. The fourth-order valence-electron chi connectivity index (χ4n) is 1.52. The second-order valence-electron chi connectivity index (χ2n) is 3.45. The first-order chi connectivity index (χ1) is 7.41. The monoisotopic (exact) mass is 289 g/mol. The molecular weight excluding hydrogens is 283 g/mol. The summed E-state index contributed by atoms with van der Waals surface area (Å²) in [5, 5.41) is 0.481. The van der Waals surface area contributed by atoms with Crippen molar-refractivity contribution in [3.63, 3.8) is 0 Å². The van der Waals surface area contributed by atoms with Crippen molar-refractivity contribution in [3.8, 4) is 0 Å². The summed E-state index contributed by atoms with van der Waals surface area (Å²) >= 11 is 3.27. The van der Waals surface area contributed by atoms with E-state index in [0.29, 0.717) is 9.86 Å². The molecule has 0 atom stereocenters. The summed E-state index contributed by atoms with van der Waals surface area (Å²) in [5.74, 6) is 0. The van der Waals surface area contributed by atoms with Crippen molar-refractivity contribution in [1.82, 2.24) is 4.98 Å². The lowest BCUT2D eigenvalue weighted by Crippen LogP contribution is -2.06. The molecule has 2 aromatic rings. The van der Waals surface area contributed by atoms with Gasteiger partial charge in [-0.1, -0.05) is 12.1 Å². The number of fused-ring (bicyclic) bond motifs is 1. The van der Waals surface area contributed by atoms with E-state index >= 15 is 0 Å². The number of rotatable bonds is 0. The first-order valence-electron chi connectivity index (χ1n) is 4.52. The predicted octanol–water partition coefficient (Wildman–Crippen LogP) is 4.32. The van der Waals surface area contributed by atoms with Gasteiger partial charge in [0.1, 0.15) is 0 Å². The largest absolute Gasteiger partial charge is 0.418 e. The fraction of sp³-hybridized carbons (Fsp3) is 0.182. The molecule has 0 saturated carbocycles. The van der Waals surface area contributed by atoms with Crippen molar-refractivity contribution < 1.29 is 13.2 Å². The SMILES string of the molecule is Cc1cnc2c(C(F)(F)F)cccc2c1Br. The number of para-hydroxylation sites is 1. The van der Waals surface area contributed by atoms with E-state index in [2.05, 4.69) is 20.9 Å². The van der Waals surface area contributed by atoms with Crippen molar-refractivity contribution in [3.05, 3.63) is 40.0 Å². The Hall–Kier alpha value is -1.10. The molecule has 0 bridgehead atoms. The van der Waals surface area contributed by atoms with Crippen LogP contribution in [0.4, 0.5) is 13.2 Å². The van der Waals surface area contributed by atoms with Crippen LogP contribution in [0.25, 0.3) is 10.9 Å². The molecule has 0 amide bonds. The van der Waals surface area contributed by atoms with E-state index in [1.807, 2.05) is 0 Å². The Balaban J connectivity index is 2.85. The van der Waals surface area contributed by atoms with Crippen LogP contribution in [0.1, 0.15) is 11.1 Å². The maximum atomic E-state index is 12.7. The van der Waals surface area contributed by atoms with Gasteiger partial charge in [0.15, 0.2) is 0 Å². The number of nitrogens with zero attached hydrogens (tertiary/aromatic N) is 1. The summed E-state index contributed by atoms with van der Waals surface area (Å²) < 4.78 is 38.7. The molecule has 1 nitrogen and oxygen atoms in total. The molecule has 0 aliphatic heterocycles. The van der Waals surface area contributed by atoms with Crippen LogP contribution in [-0.2, 0) is 6.18 Å². The summed E-state index contributed by atoms with van der Waals surface area (Å²) in [5.41, 5.74) is 0.0880. The summed E-state index contributed by atoms with van der Waals surface area (Å²) in [7, 11) is 0. The Morgan fingerprint density at radius 3 is 2.56 bits per heavy atom. The van der Waals surface area contributed by atoms with Gasteiger partial charge in [-0.15, -0.1) is 0 Å². The Labute approximate surface area is 98.4 Å². The molecule has 0 fully saturated rings. The second-order valence-corrected chi connectivity index (χ2v) is 4.25. The third-order valence-electron chi connectivity index (χ3n) is 2.31. The van der Waals surface area contributed by atoms with Gasteiger partial charge in [0, 0.05) is 16.1 Å². The van der Waals surface area contributed by atoms with Gasteiger partial charge in [0.25, 0.3) is 0 Å². The van der Waals surface area contributed by atoms with E-state index in [0.717, 1.165) is 11.6 Å². The van der Waals surface area contributed by atoms with Crippen molar-refractivity contribution in [2.45, 2.75) is 13.1 Å². The zero-order valence-corrected chi connectivity index (χ0v) is 9.85. The highest BCUT2D eigenvalue weighted by molar-refractivity contribution is 9.10. The Morgan fingerprint density at radius 1 is 1.25 bits per heavy atom. The van der Waals surface area contributed by atoms with Gasteiger partial charge in [-0.25, -0.2) is 0 Å². The van der Waals surface area contributed by atoms with Gasteiger partial charge < -0.3 is 0 Å². The van der Waals surface area contributed by atoms with Crippen molar-refractivity contribution in [2.24, 2.45) is 0 Å². The number of halogens is 4. The molecule has 0 aliphatic carbocycles. The standard InChI is InChI=1S/C11H7BrF3N/c1-6-5-16-10-7(9(6)12)3-2-4-8(10)11(13,14)15/h2-5H,1H3. The van der Waals surface area contributed by atoms with Crippen LogP contribution in [0.5, 0.6) is 0 Å². The molecule has 0 N–H and O–H groups in total. The third kappa shape index (κ3) is 1.80. The van der Waals surface area contributed by atoms with E-state index in [1.54, 1.807) is 13.0 Å². The number of benzene rings is 1. The fourth-order valence-corrected chi connectivity index (χ4v) is 1.94. The van der Waals surface area contributed by atoms with Gasteiger partial charge >= 0.3 is 6.18 Å². The molecule has 0 unspecified atom stereocenters. The molecule has 16 heavy (non-hydrogen) atoms. The highest BCUT2D eigenvalue weighted by Crippen LogP contribution is 2.36. The Morgan fingerprint density at radius 2 is 1.94 bits per heavy atom. The molecular formula is C11H7BrF3N. The number of pyridine rings is 1. The van der Waals surface area contributed by atoms with Crippen LogP contribution >= 0.6 is 15.9 Å². The topological polar surface area (TPSA) is 12.9 Å². The van der Waals surface area contributed by atoms with Gasteiger partial charge in [0.2, 0.25) is 0 Å². The molecule has 1 aromatic carbocycles. The normalized spacial score (nSPS) is 12.1. The second kappa shape index (κ2) is 3.73. The van der Waals surface area contributed by atoms with Gasteiger partial charge in [-0.3, -0.25) is 4.98 Å². The molecule has 84 valence electrons. The minimum absolute atomic E-state index is 0.0209. The number of alkyl halides is 3. The summed E-state index contributed by atoms with van der Waals surface area (Å²) in [4.78, 5) is 3.86. The lowest BCUT2D eigenvalue weighted by Gasteiger charge is -2.11. The van der Waals surface area contributed by atoms with E-state index in [1.165, 1.54) is 12.3 Å². The van der Waals surface area contributed by atoms with E-state index in [9.17, 15) is 13.2 Å². The molecule has 2 rings (SSSR count). The molecule has 5 heteroatoms. The zero-order valence-electron chi connectivity index (χ0n) is 8.27. The average molecular weight is 290 g/mol. The third-order valence-corrected chi connectivity index (χ3v) is 3.36. The summed E-state index contributed by atoms with van der Waals surface area (Å²) in [6, 6.07) is 4.04. The van der Waals surface area contributed by atoms with Gasteiger partial charge in [0.05, 0.1) is 11.1 Å². The Bertz CT molecular complexity index is 549. The van der Waals surface area contributed by atoms with Crippen LogP contribution in [0.2, 0.25) is 0 Å². The number of hydrogen-bond acceptors (Lipinski definition) is 1. The maximum absolute atomic E-state index is 12.7. The molecule has 0 saturated heterocycles. The van der Waals surface area contributed by atoms with Crippen molar-refractivity contribution in [2.75, 3.05) is 0 Å². The first kappa shape index (κ1) is 11.4. The zero-order chi connectivity index (χ0) is 11.9. The highest BCUT2D eigenvalue weighted by atomic mass is 79.9. The van der Waals surface area contributed by atoms with E-state index < -0.39 is 11.7 Å². The summed E-state index contributed by atoms with van der Waals surface area (Å²) in [6.07, 6.45) is -2.94. The van der Waals surface area contributed by atoms with E-state index in [4.69, 9.17) is 0 Å². The lowest BCUT2D eigenvalue weighted by molar-refractivity contribution is -0.136. The maximum Gasteiger partial charge on any atom is 0.418 e. The molecule has 0 spiro atoms. The summed E-state index contributed by atoms with van der Waals surface area (Å²) in [6.45, 7) is 1.79. The molecule has 1 heterocycles. The molecule has 1 aromatic heterocycles. The number of hydrogen-bond donors (Lipinski definition) is 0. The van der Waals surface area contributed by atoms with Crippen LogP contribution in [0.3, 0.4) is 0 Å². The Kier molecular flexibility index (Phi) is 2.66. The quantitative estimate of drug-likeness (QED) is 0.704. The molecule has 0 aliphatic rings. The minimum Gasteiger partial charge on any atom is -0.255 e. The average Bonchev–Trinajstić information content (AvgIpc) is 2.21. The van der Waals surface area contributed by atoms with Crippen LogP contribution in [-0.4, -0.2) is 4.98 Å². The van der Waals surface area contributed by atoms with E-state index in [-0.39, 0.29) is 5.52 Å². The van der Waals surface area contributed by atoms with Gasteiger partial charge in [-0.05, 0) is 34.5 Å². The number of aryl methyl sites for hydroxylation is 1. The lowest BCUT2D eigenvalue weighted by atomic mass is 10.1. The smallest absolute Gasteiger partial charge is 0.255 e. The van der Waals surface area contributed by atoms with Crippen LogP contribution in [0.15, 0.2) is 28.9 Å². The minimum atomic E-state index is -4.37. The van der Waals surface area contributed by atoms with Crippen molar-refractivity contribution >= 4 is 26.8 Å². The van der Waals surface area contributed by atoms with Crippen LogP contribution in [0, 0.1) is 6.92 Å². The van der Waals surface area contributed by atoms with Gasteiger partial charge in [-0.2, -0.15) is 13.2 Å². The first-order valence-corrected chi connectivity index (χ1v) is 5.31. The highest BCUT2D eigenvalue weighted by Gasteiger charge is 2.33. The molecule has 0 radical (unpaired) electrons. The van der Waals surface area contributed by atoms with Crippen LogP contribution < -0.4 is 0 Å². The number of aromatic nitrogens is 1. The van der Waals surface area contributed by atoms with Crippen molar-refractivity contribution in [1.29, 1.82) is 0 Å².